The fourth-order valence-corrected chi connectivity index (χ4v) is 4.14. The molecular weight excluding hydrogens is 412 g/mol. The highest BCUT2D eigenvalue weighted by Crippen LogP contribution is 2.31. The second-order valence-corrected chi connectivity index (χ2v) is 7.93. The first-order valence-electron chi connectivity index (χ1n) is 10.6. The first-order valence-corrected chi connectivity index (χ1v) is 10.6. The van der Waals surface area contributed by atoms with Crippen molar-refractivity contribution in [3.05, 3.63) is 47.5 Å². The van der Waals surface area contributed by atoms with Gasteiger partial charge in [-0.15, -0.1) is 0 Å². The lowest BCUT2D eigenvalue weighted by Gasteiger charge is -2.31. The van der Waals surface area contributed by atoms with Gasteiger partial charge in [0.05, 0.1) is 26.3 Å². The molecule has 4 rings (SSSR count). The van der Waals surface area contributed by atoms with E-state index >= 15 is 0 Å². The number of ketones is 1. The van der Waals surface area contributed by atoms with Crippen molar-refractivity contribution in [2.24, 2.45) is 5.92 Å². The van der Waals surface area contributed by atoms with Gasteiger partial charge in [-0.1, -0.05) is 6.07 Å². The van der Waals surface area contributed by atoms with Gasteiger partial charge in [-0.05, 0) is 48.7 Å². The summed E-state index contributed by atoms with van der Waals surface area (Å²) in [6, 6.07) is 10.6. The minimum Gasteiger partial charge on any atom is -0.493 e. The number of Topliss-reactive ketones (excluding diaryl/α,β-unsaturated/α-hetero) is 1. The number of hydrogen-bond acceptors (Lipinski definition) is 6. The third-order valence-electron chi connectivity index (χ3n) is 5.92. The van der Waals surface area contributed by atoms with Crippen molar-refractivity contribution < 1.29 is 28.6 Å². The summed E-state index contributed by atoms with van der Waals surface area (Å²) >= 11 is 0. The van der Waals surface area contributed by atoms with E-state index in [9.17, 15) is 14.4 Å². The van der Waals surface area contributed by atoms with Crippen LogP contribution in [0.3, 0.4) is 0 Å². The molecule has 8 nitrogen and oxygen atoms in total. The molecule has 2 aromatic rings. The second-order valence-electron chi connectivity index (χ2n) is 7.93. The van der Waals surface area contributed by atoms with Crippen LogP contribution >= 0.6 is 0 Å². The average Bonchev–Trinajstić information content (AvgIpc) is 2.83. The van der Waals surface area contributed by atoms with Gasteiger partial charge in [-0.2, -0.15) is 0 Å². The SMILES string of the molecule is COc1ccc(CC(=O)N2CCC(C(=O)c3ccc4c(c3)NC(=O)CO4)CC2)cc1OC. The van der Waals surface area contributed by atoms with Gasteiger partial charge in [-0.25, -0.2) is 0 Å². The number of likely N-dealkylation sites (tertiary alicyclic amines) is 1. The summed E-state index contributed by atoms with van der Waals surface area (Å²) in [5.41, 5.74) is 1.92. The van der Waals surface area contributed by atoms with Crippen molar-refractivity contribution in [2.45, 2.75) is 19.3 Å². The van der Waals surface area contributed by atoms with Gasteiger partial charge < -0.3 is 24.4 Å². The Kier molecular flexibility index (Phi) is 6.30. The highest BCUT2D eigenvalue weighted by atomic mass is 16.5. The number of fused-ring (bicyclic) bond motifs is 1. The number of anilines is 1. The molecule has 2 aromatic carbocycles. The monoisotopic (exact) mass is 438 g/mol. The molecule has 0 unspecified atom stereocenters. The number of nitrogens with one attached hydrogen (secondary N) is 1. The third-order valence-corrected chi connectivity index (χ3v) is 5.92. The maximum Gasteiger partial charge on any atom is 0.262 e. The molecule has 0 aliphatic carbocycles. The standard InChI is InChI=1S/C24H26N2O6/c1-30-20-5-3-15(11-21(20)31-2)12-23(28)26-9-7-16(8-10-26)24(29)17-4-6-19-18(13-17)25-22(27)14-32-19/h3-6,11,13,16H,7-10,12,14H2,1-2H3,(H,25,27). The Morgan fingerprint density at radius 2 is 1.81 bits per heavy atom. The maximum atomic E-state index is 13.0. The van der Waals surface area contributed by atoms with E-state index in [0.29, 0.717) is 54.4 Å². The minimum absolute atomic E-state index is 0.0178. The van der Waals surface area contributed by atoms with Crippen LogP contribution in [0.1, 0.15) is 28.8 Å². The number of rotatable bonds is 6. The lowest BCUT2D eigenvalue weighted by atomic mass is 9.88. The predicted molar refractivity (Wildman–Crippen MR) is 117 cm³/mol. The molecule has 8 heteroatoms. The average molecular weight is 438 g/mol. The Hall–Kier alpha value is -3.55. The molecule has 2 heterocycles. The molecule has 0 bridgehead atoms. The molecule has 2 aliphatic rings. The number of ether oxygens (including phenoxy) is 3. The highest BCUT2D eigenvalue weighted by molar-refractivity contribution is 6.01. The molecule has 0 radical (unpaired) electrons. The second kappa shape index (κ2) is 9.30. The summed E-state index contributed by atoms with van der Waals surface area (Å²) in [6.45, 7) is 1.05. The van der Waals surface area contributed by atoms with Crippen molar-refractivity contribution in [1.82, 2.24) is 4.90 Å². The molecule has 0 atom stereocenters. The number of methoxy groups -OCH3 is 2. The number of benzene rings is 2. The smallest absolute Gasteiger partial charge is 0.262 e. The van der Waals surface area contributed by atoms with Crippen molar-refractivity contribution in [3.8, 4) is 17.2 Å². The lowest BCUT2D eigenvalue weighted by Crippen LogP contribution is -2.41. The number of carbonyl (C=O) groups excluding carboxylic acids is 3. The van der Waals surface area contributed by atoms with Crippen LogP contribution in [0.2, 0.25) is 0 Å². The summed E-state index contributed by atoms with van der Waals surface area (Å²) in [5, 5.41) is 2.73. The molecule has 1 fully saturated rings. The quantitative estimate of drug-likeness (QED) is 0.697. The summed E-state index contributed by atoms with van der Waals surface area (Å²) in [6.07, 6.45) is 1.48. The van der Waals surface area contributed by atoms with Crippen LogP contribution in [0, 0.1) is 5.92 Å². The summed E-state index contributed by atoms with van der Waals surface area (Å²) in [4.78, 5) is 39.1. The number of piperidine rings is 1. The highest BCUT2D eigenvalue weighted by Gasteiger charge is 2.29. The molecule has 1 saturated heterocycles. The fraction of sp³-hybridized carbons (Fsp3) is 0.375. The number of carbonyl (C=O) groups is 3. The van der Waals surface area contributed by atoms with E-state index in [4.69, 9.17) is 14.2 Å². The Labute approximate surface area is 186 Å². The van der Waals surface area contributed by atoms with E-state index in [1.54, 1.807) is 43.4 Å². The van der Waals surface area contributed by atoms with Gasteiger partial charge in [0.2, 0.25) is 5.91 Å². The molecule has 1 N–H and O–H groups in total. The van der Waals surface area contributed by atoms with Gasteiger partial charge in [0.15, 0.2) is 23.9 Å². The van der Waals surface area contributed by atoms with Gasteiger partial charge in [0.1, 0.15) is 5.75 Å². The van der Waals surface area contributed by atoms with Crippen LogP contribution in [0.4, 0.5) is 5.69 Å². The summed E-state index contributed by atoms with van der Waals surface area (Å²) in [5.74, 6) is 1.44. The van der Waals surface area contributed by atoms with E-state index in [2.05, 4.69) is 5.32 Å². The van der Waals surface area contributed by atoms with Crippen LogP contribution in [0.25, 0.3) is 0 Å². The first kappa shape index (κ1) is 21.7. The van der Waals surface area contributed by atoms with Crippen molar-refractivity contribution in [2.75, 3.05) is 39.2 Å². The van der Waals surface area contributed by atoms with Gasteiger partial charge in [0.25, 0.3) is 5.91 Å². The molecule has 0 spiro atoms. The van der Waals surface area contributed by atoms with Gasteiger partial charge in [0, 0.05) is 24.6 Å². The van der Waals surface area contributed by atoms with E-state index in [1.807, 2.05) is 12.1 Å². The first-order chi connectivity index (χ1) is 15.5. The van der Waals surface area contributed by atoms with Crippen LogP contribution in [-0.2, 0) is 16.0 Å². The van der Waals surface area contributed by atoms with Crippen LogP contribution in [0.5, 0.6) is 17.2 Å². The molecular formula is C24H26N2O6. The topological polar surface area (TPSA) is 94.2 Å². The Bertz CT molecular complexity index is 1040. The Balaban J connectivity index is 1.35. The van der Waals surface area contributed by atoms with Crippen molar-refractivity contribution >= 4 is 23.3 Å². The van der Waals surface area contributed by atoms with Crippen LogP contribution < -0.4 is 19.5 Å². The normalized spacial score (nSPS) is 15.9. The largest absolute Gasteiger partial charge is 0.493 e. The predicted octanol–water partition coefficient (Wildman–Crippen LogP) is 2.70. The van der Waals surface area contributed by atoms with E-state index in [0.717, 1.165) is 5.56 Å². The zero-order valence-corrected chi connectivity index (χ0v) is 18.2. The lowest BCUT2D eigenvalue weighted by molar-refractivity contribution is -0.131. The summed E-state index contributed by atoms with van der Waals surface area (Å²) in [7, 11) is 3.14. The zero-order chi connectivity index (χ0) is 22.7. The number of hydrogen-bond donors (Lipinski definition) is 1. The molecule has 2 amide bonds. The molecule has 168 valence electrons. The number of amides is 2. The van der Waals surface area contributed by atoms with Crippen LogP contribution in [0.15, 0.2) is 36.4 Å². The summed E-state index contributed by atoms with van der Waals surface area (Å²) < 4.78 is 15.9. The van der Waals surface area contributed by atoms with Crippen molar-refractivity contribution in [3.63, 3.8) is 0 Å². The van der Waals surface area contributed by atoms with Gasteiger partial charge in [-0.3, -0.25) is 14.4 Å². The Morgan fingerprint density at radius 1 is 1.06 bits per heavy atom. The maximum absolute atomic E-state index is 13.0. The molecule has 2 aliphatic heterocycles. The Morgan fingerprint density at radius 3 is 2.53 bits per heavy atom. The molecule has 0 saturated carbocycles. The van der Waals surface area contributed by atoms with E-state index in [-0.39, 0.29) is 36.5 Å². The minimum atomic E-state index is -0.233. The fourth-order valence-electron chi connectivity index (χ4n) is 4.14. The molecule has 32 heavy (non-hydrogen) atoms. The van der Waals surface area contributed by atoms with Crippen molar-refractivity contribution in [1.29, 1.82) is 0 Å². The van der Waals surface area contributed by atoms with E-state index < -0.39 is 0 Å². The number of nitrogens with zero attached hydrogens (tertiary/aromatic N) is 1. The van der Waals surface area contributed by atoms with E-state index in [1.165, 1.54) is 0 Å². The van der Waals surface area contributed by atoms with Gasteiger partial charge >= 0.3 is 0 Å². The third kappa shape index (κ3) is 4.54. The van der Waals surface area contributed by atoms with Crippen LogP contribution in [-0.4, -0.2) is 56.4 Å². The zero-order valence-electron chi connectivity index (χ0n) is 18.2. The molecule has 0 aromatic heterocycles.